The van der Waals surface area contributed by atoms with Crippen LogP contribution in [0.2, 0.25) is 0 Å². The van der Waals surface area contributed by atoms with E-state index in [-0.39, 0.29) is 23.2 Å². The number of fused-ring (bicyclic) bond motifs is 5. The summed E-state index contributed by atoms with van der Waals surface area (Å²) < 4.78 is 14.7. The van der Waals surface area contributed by atoms with Gasteiger partial charge in [-0.2, -0.15) is 0 Å². The van der Waals surface area contributed by atoms with Crippen LogP contribution in [0.3, 0.4) is 0 Å². The molecule has 0 amide bonds. The molecule has 4 saturated carbocycles. The average Bonchev–Trinajstić information content (AvgIpc) is 2.76. The van der Waals surface area contributed by atoms with Crippen molar-refractivity contribution in [2.24, 2.45) is 35.0 Å². The molecular formula is C18H27FO2. The second-order valence-electron chi connectivity index (χ2n) is 8.43. The number of carbonyl (C=O) groups is 1. The van der Waals surface area contributed by atoms with Gasteiger partial charge in [-0.15, -0.1) is 0 Å². The van der Waals surface area contributed by atoms with Crippen LogP contribution in [0.15, 0.2) is 0 Å². The molecule has 21 heavy (non-hydrogen) atoms. The van der Waals surface area contributed by atoms with Gasteiger partial charge in [-0.3, -0.25) is 4.79 Å². The number of ketones is 1. The summed E-state index contributed by atoms with van der Waals surface area (Å²) in [6, 6.07) is 0. The Balaban J connectivity index is 1.62. The molecule has 0 aliphatic heterocycles. The van der Waals surface area contributed by atoms with Crippen molar-refractivity contribution in [3.05, 3.63) is 0 Å². The van der Waals surface area contributed by atoms with Crippen molar-refractivity contribution < 1.29 is 14.3 Å². The number of aliphatic hydroxyl groups excluding tert-OH is 1. The van der Waals surface area contributed by atoms with E-state index in [2.05, 4.69) is 6.92 Å². The molecule has 0 heterocycles. The second-order valence-corrected chi connectivity index (χ2v) is 8.43. The SMILES string of the molecule is C[C@]12CC[C@@H]3[C@H]4CCC(=O)C[C@@H]4[C@@H](F)C[C@H]3[C@@H]1CC[C@@H]2O. The molecule has 0 aromatic carbocycles. The standard InChI is InChI=1S/C18H27FO2/c1-18-7-6-12-11-3-2-10(20)8-14(11)16(19)9-13(12)15(18)4-5-17(18)21/h11-17,21H,2-9H2,1H3/t11-,12-,13-,14+,15+,16+,17+,18+/m1/s1. The monoisotopic (exact) mass is 294 g/mol. The zero-order chi connectivity index (χ0) is 14.8. The molecule has 4 aliphatic rings. The molecule has 0 aromatic rings. The topological polar surface area (TPSA) is 37.3 Å². The van der Waals surface area contributed by atoms with Crippen LogP contribution in [0.4, 0.5) is 4.39 Å². The highest BCUT2D eigenvalue weighted by Crippen LogP contribution is 2.62. The van der Waals surface area contributed by atoms with E-state index in [1.807, 2.05) is 0 Å². The van der Waals surface area contributed by atoms with Gasteiger partial charge in [0.15, 0.2) is 0 Å². The molecule has 1 N–H and O–H groups in total. The number of halogens is 1. The number of hydrogen-bond acceptors (Lipinski definition) is 2. The molecule has 4 aliphatic carbocycles. The quantitative estimate of drug-likeness (QED) is 0.742. The zero-order valence-electron chi connectivity index (χ0n) is 12.9. The van der Waals surface area contributed by atoms with E-state index in [0.717, 1.165) is 32.1 Å². The smallest absolute Gasteiger partial charge is 0.133 e. The highest BCUT2D eigenvalue weighted by Gasteiger charge is 2.58. The summed E-state index contributed by atoms with van der Waals surface area (Å²) in [5, 5.41) is 10.4. The lowest BCUT2D eigenvalue weighted by Gasteiger charge is -2.55. The van der Waals surface area contributed by atoms with E-state index < -0.39 is 6.17 Å². The van der Waals surface area contributed by atoms with Gasteiger partial charge in [0.1, 0.15) is 12.0 Å². The molecule has 0 saturated heterocycles. The van der Waals surface area contributed by atoms with Gasteiger partial charge in [-0.1, -0.05) is 6.92 Å². The van der Waals surface area contributed by atoms with E-state index >= 15 is 0 Å². The molecule has 118 valence electrons. The fourth-order valence-corrected chi connectivity index (χ4v) is 6.58. The number of Topliss-reactive ketones (excluding diaryl/α,β-unsaturated/α-hetero) is 1. The molecule has 8 atom stereocenters. The predicted octanol–water partition coefficient (Wildman–Crippen LogP) is 3.52. The van der Waals surface area contributed by atoms with Crippen LogP contribution in [-0.4, -0.2) is 23.2 Å². The van der Waals surface area contributed by atoms with Gasteiger partial charge in [0.05, 0.1) is 6.10 Å². The molecule has 0 spiro atoms. The maximum absolute atomic E-state index is 14.7. The average molecular weight is 294 g/mol. The van der Waals surface area contributed by atoms with E-state index in [0.29, 0.717) is 42.9 Å². The van der Waals surface area contributed by atoms with E-state index in [4.69, 9.17) is 0 Å². The van der Waals surface area contributed by atoms with Crippen molar-refractivity contribution >= 4 is 5.78 Å². The third-order valence-electron chi connectivity index (χ3n) is 7.72. The highest BCUT2D eigenvalue weighted by atomic mass is 19.1. The van der Waals surface area contributed by atoms with Crippen LogP contribution in [0, 0.1) is 35.0 Å². The second kappa shape index (κ2) is 4.78. The van der Waals surface area contributed by atoms with Gasteiger partial charge in [0.25, 0.3) is 0 Å². The van der Waals surface area contributed by atoms with Gasteiger partial charge < -0.3 is 5.11 Å². The summed E-state index contributed by atoms with van der Waals surface area (Å²) in [5.74, 6) is 2.27. The number of carbonyl (C=O) groups excluding carboxylic acids is 1. The summed E-state index contributed by atoms with van der Waals surface area (Å²) in [4.78, 5) is 11.7. The number of rotatable bonds is 0. The highest BCUT2D eigenvalue weighted by molar-refractivity contribution is 5.79. The van der Waals surface area contributed by atoms with E-state index in [9.17, 15) is 14.3 Å². The first-order chi connectivity index (χ1) is 10.0. The molecule has 0 bridgehead atoms. The lowest BCUT2D eigenvalue weighted by molar-refractivity contribution is -0.134. The molecule has 4 fully saturated rings. The van der Waals surface area contributed by atoms with Crippen LogP contribution in [-0.2, 0) is 4.79 Å². The van der Waals surface area contributed by atoms with Gasteiger partial charge in [-0.25, -0.2) is 4.39 Å². The minimum atomic E-state index is -0.791. The minimum absolute atomic E-state index is 0.00295. The largest absolute Gasteiger partial charge is 0.393 e. The summed E-state index contributed by atoms with van der Waals surface area (Å²) >= 11 is 0. The maximum atomic E-state index is 14.7. The number of aliphatic hydroxyl groups is 1. The first-order valence-corrected chi connectivity index (χ1v) is 8.84. The van der Waals surface area contributed by atoms with Crippen LogP contribution in [0.5, 0.6) is 0 Å². The molecule has 0 radical (unpaired) electrons. The number of hydrogen-bond donors (Lipinski definition) is 1. The lowest BCUT2D eigenvalue weighted by atomic mass is 9.50. The van der Waals surface area contributed by atoms with Crippen molar-refractivity contribution in [3.8, 4) is 0 Å². The van der Waals surface area contributed by atoms with Crippen LogP contribution in [0.1, 0.15) is 58.3 Å². The Morgan fingerprint density at radius 3 is 2.67 bits per heavy atom. The summed E-state index contributed by atoms with van der Waals surface area (Å²) in [6.45, 7) is 2.23. The molecule has 4 rings (SSSR count). The normalized spacial score (nSPS) is 56.5. The van der Waals surface area contributed by atoms with E-state index in [1.54, 1.807) is 0 Å². The Morgan fingerprint density at radius 1 is 1.10 bits per heavy atom. The third kappa shape index (κ3) is 1.95. The van der Waals surface area contributed by atoms with Crippen LogP contribution < -0.4 is 0 Å². The summed E-state index contributed by atoms with van der Waals surface area (Å²) in [6.07, 6.45) is 5.93. The number of alkyl halides is 1. The minimum Gasteiger partial charge on any atom is -0.393 e. The fourth-order valence-electron chi connectivity index (χ4n) is 6.58. The Bertz CT molecular complexity index is 450. The maximum Gasteiger partial charge on any atom is 0.133 e. The molecule has 3 heteroatoms. The molecule has 2 nitrogen and oxygen atoms in total. The van der Waals surface area contributed by atoms with Crippen LogP contribution in [0.25, 0.3) is 0 Å². The first-order valence-electron chi connectivity index (χ1n) is 8.84. The lowest BCUT2D eigenvalue weighted by Crippen LogP contribution is -2.52. The fraction of sp³-hybridized carbons (Fsp3) is 0.944. The Kier molecular flexibility index (Phi) is 3.22. The first kappa shape index (κ1) is 14.2. The Morgan fingerprint density at radius 2 is 1.86 bits per heavy atom. The summed E-state index contributed by atoms with van der Waals surface area (Å²) in [5.41, 5.74) is 0.0260. The van der Waals surface area contributed by atoms with Crippen LogP contribution >= 0.6 is 0 Å². The third-order valence-corrected chi connectivity index (χ3v) is 7.72. The van der Waals surface area contributed by atoms with Gasteiger partial charge >= 0.3 is 0 Å². The Labute approximate surface area is 126 Å². The van der Waals surface area contributed by atoms with Gasteiger partial charge in [0.2, 0.25) is 0 Å². The van der Waals surface area contributed by atoms with Gasteiger partial charge in [0, 0.05) is 18.8 Å². The van der Waals surface area contributed by atoms with Crippen molar-refractivity contribution in [2.45, 2.75) is 70.6 Å². The molecular weight excluding hydrogens is 267 g/mol. The van der Waals surface area contributed by atoms with Gasteiger partial charge in [-0.05, 0) is 67.6 Å². The zero-order valence-corrected chi connectivity index (χ0v) is 12.9. The predicted molar refractivity (Wildman–Crippen MR) is 78.4 cm³/mol. The molecule has 0 aromatic heterocycles. The Hall–Kier alpha value is -0.440. The van der Waals surface area contributed by atoms with Crippen molar-refractivity contribution in [1.82, 2.24) is 0 Å². The van der Waals surface area contributed by atoms with E-state index in [1.165, 1.54) is 0 Å². The van der Waals surface area contributed by atoms with Crippen molar-refractivity contribution in [3.63, 3.8) is 0 Å². The van der Waals surface area contributed by atoms with Crippen molar-refractivity contribution in [1.29, 1.82) is 0 Å². The summed E-state index contributed by atoms with van der Waals surface area (Å²) in [7, 11) is 0. The van der Waals surface area contributed by atoms with Crippen molar-refractivity contribution in [2.75, 3.05) is 0 Å². The molecule has 0 unspecified atom stereocenters.